The van der Waals surface area contributed by atoms with E-state index < -0.39 is 0 Å². The van der Waals surface area contributed by atoms with Crippen LogP contribution >= 0.6 is 11.8 Å². The van der Waals surface area contributed by atoms with Crippen LogP contribution in [0.5, 0.6) is 11.5 Å². The Morgan fingerprint density at radius 2 is 1.94 bits per heavy atom. The summed E-state index contributed by atoms with van der Waals surface area (Å²) in [6.07, 6.45) is 0.829. The van der Waals surface area contributed by atoms with E-state index in [9.17, 15) is 9.59 Å². The van der Waals surface area contributed by atoms with E-state index in [0.29, 0.717) is 23.6 Å². The zero-order valence-corrected chi connectivity index (χ0v) is 19.7. The van der Waals surface area contributed by atoms with Gasteiger partial charge in [-0.15, -0.1) is 0 Å². The van der Waals surface area contributed by atoms with Gasteiger partial charge in [0.25, 0.3) is 11.1 Å². The molecule has 7 nitrogen and oxygen atoms in total. The van der Waals surface area contributed by atoms with Crippen LogP contribution in [-0.4, -0.2) is 42.9 Å². The highest BCUT2D eigenvalue weighted by atomic mass is 32.2. The number of hydrogen-bond acceptors (Lipinski definition) is 6. The highest BCUT2D eigenvalue weighted by Gasteiger charge is 2.38. The second-order valence-corrected chi connectivity index (χ2v) is 9.83. The third-order valence-corrected chi connectivity index (χ3v) is 6.97. The number of carbonyl (C=O) groups is 2. The lowest BCUT2D eigenvalue weighted by molar-refractivity contribution is 0.0982. The van der Waals surface area contributed by atoms with Crippen molar-refractivity contribution in [3.63, 3.8) is 0 Å². The first-order chi connectivity index (χ1) is 15.3. The summed E-state index contributed by atoms with van der Waals surface area (Å²) in [6.45, 7) is 6.91. The number of hydrogen-bond donors (Lipinski definition) is 1. The second-order valence-electron chi connectivity index (χ2n) is 8.52. The van der Waals surface area contributed by atoms with Crippen LogP contribution < -0.4 is 19.8 Å². The fraction of sp³-hybridized carbons (Fsp3) is 0.375. The second kappa shape index (κ2) is 8.50. The van der Waals surface area contributed by atoms with E-state index >= 15 is 0 Å². The van der Waals surface area contributed by atoms with Crippen molar-refractivity contribution in [3.05, 3.63) is 53.1 Å². The molecular formula is C24H27N3O4S. The molecule has 2 heterocycles. The molecule has 2 amide bonds. The summed E-state index contributed by atoms with van der Waals surface area (Å²) in [5.41, 5.74) is 6.55. The number of benzene rings is 2. The lowest BCUT2D eigenvalue weighted by Gasteiger charge is -2.41. The molecule has 168 valence electrons. The monoisotopic (exact) mass is 453 g/mol. The molecule has 0 aromatic heterocycles. The van der Waals surface area contributed by atoms with Crippen LogP contribution in [0.4, 0.5) is 10.5 Å². The summed E-state index contributed by atoms with van der Waals surface area (Å²) < 4.78 is 10.7. The quantitative estimate of drug-likeness (QED) is 0.733. The first-order valence-electron chi connectivity index (χ1n) is 10.5. The number of nitrogens with one attached hydrogen (secondary N) is 1. The largest absolute Gasteiger partial charge is 0.493 e. The van der Waals surface area contributed by atoms with Crippen LogP contribution in [0.25, 0.3) is 0 Å². The maximum absolute atomic E-state index is 13.7. The van der Waals surface area contributed by atoms with Crippen molar-refractivity contribution in [1.29, 1.82) is 0 Å². The van der Waals surface area contributed by atoms with E-state index in [1.807, 2.05) is 24.0 Å². The number of ether oxygens (including phenoxy) is 2. The van der Waals surface area contributed by atoms with Crippen LogP contribution in [0.15, 0.2) is 41.5 Å². The van der Waals surface area contributed by atoms with E-state index in [4.69, 9.17) is 9.47 Å². The molecule has 2 aromatic carbocycles. The van der Waals surface area contributed by atoms with Gasteiger partial charge < -0.3 is 14.4 Å². The predicted molar refractivity (Wildman–Crippen MR) is 127 cm³/mol. The molecule has 2 aromatic rings. The Morgan fingerprint density at radius 1 is 1.19 bits per heavy atom. The Balaban J connectivity index is 1.84. The van der Waals surface area contributed by atoms with E-state index in [0.717, 1.165) is 28.9 Å². The van der Waals surface area contributed by atoms with E-state index in [1.165, 1.54) is 11.8 Å². The molecule has 0 radical (unpaired) electrons. The summed E-state index contributed by atoms with van der Waals surface area (Å²) in [5, 5.41) is 4.05. The summed E-state index contributed by atoms with van der Waals surface area (Å²) in [4.78, 5) is 27.3. The minimum atomic E-state index is -0.176. The lowest BCUT2D eigenvalue weighted by atomic mass is 9.76. The van der Waals surface area contributed by atoms with Crippen LogP contribution in [0, 0.1) is 0 Å². The van der Waals surface area contributed by atoms with Crippen molar-refractivity contribution in [2.45, 2.75) is 37.9 Å². The molecule has 0 saturated heterocycles. The van der Waals surface area contributed by atoms with Gasteiger partial charge in [0, 0.05) is 17.7 Å². The molecule has 0 fully saturated rings. The summed E-state index contributed by atoms with van der Waals surface area (Å²) in [6, 6.07) is 11.3. The van der Waals surface area contributed by atoms with Gasteiger partial charge in [-0.2, -0.15) is 5.10 Å². The van der Waals surface area contributed by atoms with Crippen molar-refractivity contribution in [2.24, 2.45) is 5.10 Å². The topological polar surface area (TPSA) is 80.2 Å². The molecule has 0 spiro atoms. The number of anilines is 1. The van der Waals surface area contributed by atoms with E-state index in [-0.39, 0.29) is 21.8 Å². The third-order valence-electron chi connectivity index (χ3n) is 6.08. The molecule has 0 aliphatic carbocycles. The van der Waals surface area contributed by atoms with Gasteiger partial charge in [-0.05, 0) is 42.5 Å². The van der Waals surface area contributed by atoms with Crippen LogP contribution in [0.1, 0.15) is 48.7 Å². The number of carbonyl (C=O) groups excluding carboxylic acids is 2. The van der Waals surface area contributed by atoms with Gasteiger partial charge in [-0.1, -0.05) is 43.8 Å². The number of nitrogens with zero attached hydrogens (tertiary/aromatic N) is 2. The maximum Gasteiger partial charge on any atom is 0.299 e. The molecule has 8 heteroatoms. The van der Waals surface area contributed by atoms with Crippen molar-refractivity contribution in [1.82, 2.24) is 5.43 Å². The Bertz CT molecular complexity index is 1110. The number of hydrazone groups is 1. The molecule has 4 rings (SSSR count). The number of fused-ring (bicyclic) bond motifs is 1. The van der Waals surface area contributed by atoms with Gasteiger partial charge in [0.2, 0.25) is 0 Å². The third kappa shape index (κ3) is 3.83. The smallest absolute Gasteiger partial charge is 0.299 e. The zero-order chi connectivity index (χ0) is 23.0. The number of thioether (sulfide) groups is 1. The molecule has 32 heavy (non-hydrogen) atoms. The van der Waals surface area contributed by atoms with E-state index in [2.05, 4.69) is 30.4 Å². The molecule has 1 atom stereocenters. The average molecular weight is 454 g/mol. The Morgan fingerprint density at radius 3 is 2.62 bits per heavy atom. The fourth-order valence-electron chi connectivity index (χ4n) is 4.27. The molecule has 0 saturated carbocycles. The first-order valence-corrected chi connectivity index (χ1v) is 11.4. The highest BCUT2D eigenvalue weighted by molar-refractivity contribution is 8.14. The Labute approximate surface area is 192 Å². The summed E-state index contributed by atoms with van der Waals surface area (Å²) >= 11 is 1.20. The van der Waals surface area contributed by atoms with Crippen molar-refractivity contribution in [2.75, 3.05) is 25.7 Å². The van der Waals surface area contributed by atoms with Gasteiger partial charge in [0.1, 0.15) is 0 Å². The van der Waals surface area contributed by atoms with Crippen molar-refractivity contribution < 1.29 is 19.1 Å². The van der Waals surface area contributed by atoms with E-state index in [1.54, 1.807) is 32.4 Å². The van der Waals surface area contributed by atoms with Gasteiger partial charge in [-0.3, -0.25) is 9.59 Å². The SMILES string of the molecule is COc1ccc(C(=O)N2CCC(C)(C)c3cccc(C4=NNC(=O)SC4C)c32)cc1OC. The molecule has 1 unspecified atom stereocenters. The number of rotatable bonds is 4. The lowest BCUT2D eigenvalue weighted by Crippen LogP contribution is -2.43. The summed E-state index contributed by atoms with van der Waals surface area (Å²) in [7, 11) is 3.12. The first kappa shape index (κ1) is 22.2. The van der Waals surface area contributed by atoms with Crippen LogP contribution in [0.2, 0.25) is 0 Å². The Hall–Kier alpha value is -3.00. The van der Waals surface area contributed by atoms with Crippen molar-refractivity contribution in [3.8, 4) is 11.5 Å². The Kier molecular flexibility index (Phi) is 5.90. The highest BCUT2D eigenvalue weighted by Crippen LogP contribution is 2.43. The number of amides is 2. The molecule has 0 bridgehead atoms. The van der Waals surface area contributed by atoms with Gasteiger partial charge in [-0.25, -0.2) is 5.43 Å². The van der Waals surface area contributed by atoms with Crippen LogP contribution in [0.3, 0.4) is 0 Å². The summed E-state index contributed by atoms with van der Waals surface area (Å²) in [5.74, 6) is 0.965. The maximum atomic E-state index is 13.7. The predicted octanol–water partition coefficient (Wildman–Crippen LogP) is 4.58. The molecule has 2 aliphatic heterocycles. The van der Waals surface area contributed by atoms with Gasteiger partial charge >= 0.3 is 0 Å². The number of para-hydroxylation sites is 1. The number of methoxy groups -OCH3 is 2. The minimum Gasteiger partial charge on any atom is -0.493 e. The fourth-order valence-corrected chi connectivity index (χ4v) is 4.98. The normalized spacial score (nSPS) is 19.5. The molecule has 2 aliphatic rings. The average Bonchev–Trinajstić information content (AvgIpc) is 2.78. The van der Waals surface area contributed by atoms with Crippen LogP contribution in [-0.2, 0) is 5.41 Å². The van der Waals surface area contributed by atoms with Gasteiger partial charge in [0.05, 0.1) is 30.9 Å². The molecular weight excluding hydrogens is 426 g/mol. The zero-order valence-electron chi connectivity index (χ0n) is 18.9. The standard InChI is InChI=1S/C24H27N3O4S/c1-14-20(25-26-23(29)32-14)16-7-6-8-17-21(16)27(12-11-24(17,2)3)22(28)15-9-10-18(30-4)19(13-15)31-5/h6-10,13-14H,11-12H2,1-5H3,(H,26,29). The minimum absolute atomic E-state index is 0.103. The van der Waals surface area contributed by atoms with Crippen molar-refractivity contribution >= 4 is 34.3 Å². The molecule has 1 N–H and O–H groups in total. The van der Waals surface area contributed by atoms with Gasteiger partial charge in [0.15, 0.2) is 11.5 Å².